The molecule has 0 atom stereocenters. The lowest BCUT2D eigenvalue weighted by atomic mass is 10.2. The van der Waals surface area contributed by atoms with Gasteiger partial charge in [0.25, 0.3) is 0 Å². The van der Waals surface area contributed by atoms with Gasteiger partial charge in [-0.15, -0.1) is 0 Å². The lowest BCUT2D eigenvalue weighted by Gasteiger charge is -2.19. The maximum absolute atomic E-state index is 5.64. The van der Waals surface area contributed by atoms with Crippen LogP contribution in [0.3, 0.4) is 0 Å². The highest BCUT2D eigenvalue weighted by Gasteiger charge is 2.11. The van der Waals surface area contributed by atoms with Crippen molar-refractivity contribution in [3.05, 3.63) is 48.0 Å². The van der Waals surface area contributed by atoms with E-state index in [2.05, 4.69) is 17.4 Å². The maximum Gasteiger partial charge on any atom is 0.163 e. The zero-order valence-corrected chi connectivity index (χ0v) is 13.0. The zero-order chi connectivity index (χ0) is 15.4. The average molecular weight is 299 g/mol. The molecule has 1 heterocycles. The van der Waals surface area contributed by atoms with Crippen molar-refractivity contribution in [2.45, 2.75) is 26.5 Å². The Bertz CT molecular complexity index is 623. The summed E-state index contributed by atoms with van der Waals surface area (Å²) in [5.41, 5.74) is 2.22. The second kappa shape index (κ2) is 6.60. The Hall–Kier alpha value is -2.36. The second-order valence-electron chi connectivity index (χ2n) is 5.52. The van der Waals surface area contributed by atoms with E-state index in [9.17, 15) is 0 Å². The fourth-order valence-electron chi connectivity index (χ4n) is 2.32. The first-order chi connectivity index (χ1) is 10.7. The Morgan fingerprint density at radius 2 is 1.73 bits per heavy atom. The molecule has 0 aliphatic carbocycles. The monoisotopic (exact) mass is 299 g/mol. The van der Waals surface area contributed by atoms with Crippen molar-refractivity contribution < 1.29 is 14.2 Å². The Morgan fingerprint density at radius 3 is 2.45 bits per heavy atom. The molecular formula is C18H21NO3. The van der Waals surface area contributed by atoms with Crippen molar-refractivity contribution in [3.8, 4) is 17.2 Å². The maximum atomic E-state index is 5.64. The Balaban J connectivity index is 1.60. The van der Waals surface area contributed by atoms with Gasteiger partial charge >= 0.3 is 0 Å². The lowest BCUT2D eigenvalue weighted by molar-refractivity contribution is 0.171. The fraction of sp³-hybridized carbons (Fsp3) is 0.333. The van der Waals surface area contributed by atoms with Crippen LogP contribution in [0.25, 0.3) is 0 Å². The number of fused-ring (bicyclic) bond motifs is 1. The number of ether oxygens (including phenoxy) is 3. The first-order valence-electron chi connectivity index (χ1n) is 7.60. The summed E-state index contributed by atoms with van der Waals surface area (Å²) in [6, 6.07) is 14.1. The molecule has 0 unspecified atom stereocenters. The molecular weight excluding hydrogens is 278 g/mol. The third-order valence-corrected chi connectivity index (χ3v) is 3.33. The van der Waals surface area contributed by atoms with E-state index in [1.165, 1.54) is 5.56 Å². The van der Waals surface area contributed by atoms with Crippen LogP contribution in [-0.2, 0) is 6.54 Å². The Labute approximate surface area is 131 Å². The minimum Gasteiger partial charge on any atom is -0.491 e. The molecule has 0 fully saturated rings. The summed E-state index contributed by atoms with van der Waals surface area (Å²) in [4.78, 5) is 0. The molecule has 0 bridgehead atoms. The van der Waals surface area contributed by atoms with E-state index in [4.69, 9.17) is 14.2 Å². The number of anilines is 1. The highest BCUT2D eigenvalue weighted by Crippen LogP contribution is 2.32. The smallest absolute Gasteiger partial charge is 0.163 e. The van der Waals surface area contributed by atoms with E-state index < -0.39 is 0 Å². The molecule has 4 nitrogen and oxygen atoms in total. The average Bonchev–Trinajstić information content (AvgIpc) is 2.53. The van der Waals surface area contributed by atoms with Gasteiger partial charge in [0.05, 0.1) is 6.10 Å². The van der Waals surface area contributed by atoms with Gasteiger partial charge in [-0.3, -0.25) is 0 Å². The predicted molar refractivity (Wildman–Crippen MR) is 87.0 cm³/mol. The normalized spacial score (nSPS) is 13.0. The molecule has 2 aromatic rings. The third-order valence-electron chi connectivity index (χ3n) is 3.33. The molecule has 4 heteroatoms. The van der Waals surface area contributed by atoms with Crippen LogP contribution in [0.4, 0.5) is 5.69 Å². The van der Waals surface area contributed by atoms with Crippen LogP contribution in [-0.4, -0.2) is 19.3 Å². The highest BCUT2D eigenvalue weighted by molar-refractivity contribution is 5.55. The standard InChI is InChI=1S/C18H21NO3/c1-13(2)22-16-6-3-14(4-7-16)12-19-15-5-8-17-18(11-15)21-10-9-20-17/h3-8,11,13,19H,9-10,12H2,1-2H3. The van der Waals surface area contributed by atoms with Crippen molar-refractivity contribution >= 4 is 5.69 Å². The molecule has 1 N–H and O–H groups in total. The summed E-state index contributed by atoms with van der Waals surface area (Å²) in [7, 11) is 0. The van der Waals surface area contributed by atoms with E-state index in [0.29, 0.717) is 13.2 Å². The molecule has 1 aliphatic rings. The van der Waals surface area contributed by atoms with Crippen LogP contribution in [0.5, 0.6) is 17.2 Å². The molecule has 1 aliphatic heterocycles. The summed E-state index contributed by atoms with van der Waals surface area (Å²) in [6.45, 7) is 6.02. The van der Waals surface area contributed by atoms with Crippen LogP contribution in [0.2, 0.25) is 0 Å². The third kappa shape index (κ3) is 3.64. The fourth-order valence-corrected chi connectivity index (χ4v) is 2.32. The van der Waals surface area contributed by atoms with Gasteiger partial charge in [-0.05, 0) is 43.7 Å². The van der Waals surface area contributed by atoms with E-state index >= 15 is 0 Å². The van der Waals surface area contributed by atoms with E-state index in [1.54, 1.807) is 0 Å². The van der Waals surface area contributed by atoms with Crippen molar-refractivity contribution in [2.75, 3.05) is 18.5 Å². The summed E-state index contributed by atoms with van der Waals surface area (Å²) in [5.74, 6) is 2.52. The minimum absolute atomic E-state index is 0.196. The molecule has 0 saturated carbocycles. The van der Waals surface area contributed by atoms with Gasteiger partial charge in [-0.25, -0.2) is 0 Å². The van der Waals surface area contributed by atoms with Crippen LogP contribution in [0.15, 0.2) is 42.5 Å². The van der Waals surface area contributed by atoms with Crippen molar-refractivity contribution in [1.82, 2.24) is 0 Å². The van der Waals surface area contributed by atoms with Gasteiger partial charge < -0.3 is 19.5 Å². The quantitative estimate of drug-likeness (QED) is 0.910. The molecule has 3 rings (SSSR count). The SMILES string of the molecule is CC(C)Oc1ccc(CNc2ccc3c(c2)OCCO3)cc1. The lowest BCUT2D eigenvalue weighted by Crippen LogP contribution is -2.15. The van der Waals surface area contributed by atoms with Gasteiger partial charge in [-0.2, -0.15) is 0 Å². The van der Waals surface area contributed by atoms with Gasteiger partial charge in [0.15, 0.2) is 11.5 Å². The first kappa shape index (κ1) is 14.6. The highest BCUT2D eigenvalue weighted by atomic mass is 16.6. The van der Waals surface area contributed by atoms with E-state index in [-0.39, 0.29) is 6.10 Å². The summed E-state index contributed by atoms with van der Waals surface area (Å²) >= 11 is 0. The summed E-state index contributed by atoms with van der Waals surface area (Å²) in [5, 5.41) is 3.39. The van der Waals surface area contributed by atoms with Gasteiger partial charge in [-0.1, -0.05) is 12.1 Å². The number of benzene rings is 2. The van der Waals surface area contributed by atoms with Gasteiger partial charge in [0.2, 0.25) is 0 Å². The van der Waals surface area contributed by atoms with E-state index in [1.807, 2.05) is 44.2 Å². The van der Waals surface area contributed by atoms with Crippen LogP contribution < -0.4 is 19.5 Å². The molecule has 0 aromatic heterocycles. The number of hydrogen-bond acceptors (Lipinski definition) is 4. The molecule has 0 saturated heterocycles. The summed E-state index contributed by atoms with van der Waals surface area (Å²) < 4.78 is 16.7. The van der Waals surface area contributed by atoms with Crippen molar-refractivity contribution in [3.63, 3.8) is 0 Å². The number of rotatable bonds is 5. The largest absolute Gasteiger partial charge is 0.491 e. The Morgan fingerprint density at radius 1 is 1.00 bits per heavy atom. The van der Waals surface area contributed by atoms with Crippen LogP contribution in [0, 0.1) is 0 Å². The summed E-state index contributed by atoms with van der Waals surface area (Å²) in [6.07, 6.45) is 0.196. The van der Waals surface area contributed by atoms with Crippen molar-refractivity contribution in [1.29, 1.82) is 0 Å². The van der Waals surface area contributed by atoms with Gasteiger partial charge in [0.1, 0.15) is 19.0 Å². The van der Waals surface area contributed by atoms with Crippen molar-refractivity contribution in [2.24, 2.45) is 0 Å². The first-order valence-corrected chi connectivity index (χ1v) is 7.60. The van der Waals surface area contributed by atoms with Gasteiger partial charge in [0, 0.05) is 18.3 Å². The molecule has 0 spiro atoms. The Kier molecular flexibility index (Phi) is 4.37. The predicted octanol–water partition coefficient (Wildman–Crippen LogP) is 3.86. The number of nitrogens with one attached hydrogen (secondary N) is 1. The van der Waals surface area contributed by atoms with Crippen LogP contribution in [0.1, 0.15) is 19.4 Å². The molecule has 116 valence electrons. The molecule has 0 radical (unpaired) electrons. The molecule has 22 heavy (non-hydrogen) atoms. The van der Waals surface area contributed by atoms with E-state index in [0.717, 1.165) is 29.5 Å². The second-order valence-corrected chi connectivity index (χ2v) is 5.52. The zero-order valence-electron chi connectivity index (χ0n) is 13.0. The minimum atomic E-state index is 0.196. The number of hydrogen-bond donors (Lipinski definition) is 1. The topological polar surface area (TPSA) is 39.7 Å². The molecule has 2 aromatic carbocycles. The molecule has 0 amide bonds. The van der Waals surface area contributed by atoms with Crippen LogP contribution >= 0.6 is 0 Å².